The summed E-state index contributed by atoms with van der Waals surface area (Å²) in [4.78, 5) is 47.7. The molecule has 5 N–H and O–H groups in total. The zero-order chi connectivity index (χ0) is 25.4. The van der Waals surface area contributed by atoms with E-state index in [2.05, 4.69) is 10.6 Å². The Morgan fingerprint density at radius 2 is 1.56 bits per heavy atom. The van der Waals surface area contributed by atoms with E-state index in [-0.39, 0.29) is 40.5 Å². The number of aliphatic carboxylic acids is 1. The first-order valence-corrected chi connectivity index (χ1v) is 9.81. The maximum Gasteiger partial charge on any atom is 0.339 e. The van der Waals surface area contributed by atoms with Gasteiger partial charge in [0, 0.05) is 23.7 Å². The third kappa shape index (κ3) is 6.28. The van der Waals surface area contributed by atoms with E-state index >= 15 is 0 Å². The predicted octanol–water partition coefficient (Wildman–Crippen LogP) is 1.72. The molecule has 2 rings (SSSR count). The van der Waals surface area contributed by atoms with E-state index in [1.54, 1.807) is 0 Å². The molecule has 12 heteroatoms. The molecular weight excluding hydrogens is 452 g/mol. The molecule has 0 fully saturated rings. The third-order valence-corrected chi connectivity index (χ3v) is 4.69. The summed E-state index contributed by atoms with van der Waals surface area (Å²) in [6.07, 6.45) is -0.659. The van der Waals surface area contributed by atoms with Gasteiger partial charge in [-0.3, -0.25) is 14.4 Å². The monoisotopic (exact) mass is 476 g/mol. The van der Waals surface area contributed by atoms with E-state index in [1.165, 1.54) is 39.5 Å². The second-order valence-corrected chi connectivity index (χ2v) is 6.90. The topological polar surface area (TPSA) is 181 Å². The number of carboxylic acid groups (broad SMARTS) is 2. The Morgan fingerprint density at radius 3 is 2.03 bits per heavy atom. The SMILES string of the molecule is COc1cc(C(=O)N[C@H](CCC(=O)O)C(=O)Nc2ccc(C(=O)O)c(O)c2)cc(OC)c1OC. The van der Waals surface area contributed by atoms with Gasteiger partial charge in [0.1, 0.15) is 17.4 Å². The minimum absolute atomic E-state index is 0.0508. The molecule has 0 aliphatic carbocycles. The molecule has 12 nitrogen and oxygen atoms in total. The summed E-state index contributed by atoms with van der Waals surface area (Å²) in [6, 6.07) is 4.82. The molecule has 0 saturated heterocycles. The fraction of sp³-hybridized carbons (Fsp3) is 0.273. The Morgan fingerprint density at radius 1 is 0.941 bits per heavy atom. The molecule has 2 amide bonds. The third-order valence-electron chi connectivity index (χ3n) is 4.69. The van der Waals surface area contributed by atoms with Crippen LogP contribution in [0.5, 0.6) is 23.0 Å². The number of nitrogens with one attached hydrogen (secondary N) is 2. The summed E-state index contributed by atoms with van der Waals surface area (Å²) in [5.74, 6) is -3.94. The summed E-state index contributed by atoms with van der Waals surface area (Å²) in [5, 5.41) is 32.7. The highest BCUT2D eigenvalue weighted by molar-refractivity contribution is 6.02. The number of ether oxygens (including phenoxy) is 3. The summed E-state index contributed by atoms with van der Waals surface area (Å²) in [5.41, 5.74) is -0.253. The van der Waals surface area contributed by atoms with E-state index < -0.39 is 42.0 Å². The number of anilines is 1. The number of carbonyl (C=O) groups is 4. The molecule has 34 heavy (non-hydrogen) atoms. The van der Waals surface area contributed by atoms with Crippen molar-refractivity contribution in [2.24, 2.45) is 0 Å². The van der Waals surface area contributed by atoms with Crippen molar-refractivity contribution in [3.63, 3.8) is 0 Å². The van der Waals surface area contributed by atoms with Crippen LogP contribution in [0.3, 0.4) is 0 Å². The fourth-order valence-electron chi connectivity index (χ4n) is 3.01. The predicted molar refractivity (Wildman–Crippen MR) is 118 cm³/mol. The number of phenols is 1. The van der Waals surface area contributed by atoms with Gasteiger partial charge in [0.15, 0.2) is 11.5 Å². The first kappa shape index (κ1) is 25.8. The zero-order valence-corrected chi connectivity index (χ0v) is 18.6. The second kappa shape index (κ2) is 11.4. The van der Waals surface area contributed by atoms with Crippen LogP contribution in [-0.2, 0) is 9.59 Å². The number of methoxy groups -OCH3 is 3. The number of hydrogen-bond acceptors (Lipinski definition) is 8. The lowest BCUT2D eigenvalue weighted by Crippen LogP contribution is -2.44. The molecule has 1 atom stereocenters. The van der Waals surface area contributed by atoms with Gasteiger partial charge in [-0.25, -0.2) is 4.79 Å². The van der Waals surface area contributed by atoms with Crippen LogP contribution < -0.4 is 24.8 Å². The van der Waals surface area contributed by atoms with Crippen LogP contribution in [0.1, 0.15) is 33.6 Å². The lowest BCUT2D eigenvalue weighted by atomic mass is 10.1. The number of amides is 2. The van der Waals surface area contributed by atoms with Crippen molar-refractivity contribution in [1.29, 1.82) is 0 Å². The molecule has 0 aromatic heterocycles. The molecule has 0 aliphatic rings. The summed E-state index contributed by atoms with van der Waals surface area (Å²) >= 11 is 0. The van der Waals surface area contributed by atoms with Gasteiger partial charge in [-0.05, 0) is 30.7 Å². The molecule has 0 spiro atoms. The summed E-state index contributed by atoms with van der Waals surface area (Å²) < 4.78 is 15.6. The van der Waals surface area contributed by atoms with Crippen molar-refractivity contribution in [3.05, 3.63) is 41.5 Å². The molecule has 0 bridgehead atoms. The highest BCUT2D eigenvalue weighted by atomic mass is 16.5. The standard InChI is InChI=1S/C22H24N2O10/c1-32-16-8-11(9-17(33-2)19(16)34-3)20(28)24-14(6-7-18(26)27)21(29)23-12-4-5-13(22(30)31)15(25)10-12/h4-5,8-10,14,25H,6-7H2,1-3H3,(H,23,29)(H,24,28)(H,26,27)(H,30,31)/t14-/m1/s1. The summed E-state index contributed by atoms with van der Waals surface area (Å²) in [6.45, 7) is 0. The Balaban J connectivity index is 2.28. The van der Waals surface area contributed by atoms with E-state index in [1.807, 2.05) is 0 Å². The molecule has 0 heterocycles. The van der Waals surface area contributed by atoms with Crippen molar-refractivity contribution in [1.82, 2.24) is 5.32 Å². The van der Waals surface area contributed by atoms with Crippen LogP contribution in [0.25, 0.3) is 0 Å². The number of benzene rings is 2. The minimum atomic E-state index is -1.35. The molecule has 0 saturated carbocycles. The number of carboxylic acids is 2. The molecule has 2 aromatic rings. The maximum absolute atomic E-state index is 12.9. The lowest BCUT2D eigenvalue weighted by molar-refractivity contribution is -0.137. The normalized spacial score (nSPS) is 11.1. The molecule has 0 aliphatic heterocycles. The molecule has 182 valence electrons. The zero-order valence-electron chi connectivity index (χ0n) is 18.6. The van der Waals surface area contributed by atoms with Crippen LogP contribution in [0.2, 0.25) is 0 Å². The van der Waals surface area contributed by atoms with Gasteiger partial charge in [0.25, 0.3) is 5.91 Å². The Bertz CT molecular complexity index is 1070. The smallest absolute Gasteiger partial charge is 0.339 e. The second-order valence-electron chi connectivity index (χ2n) is 6.90. The first-order chi connectivity index (χ1) is 16.1. The number of carbonyl (C=O) groups excluding carboxylic acids is 2. The van der Waals surface area contributed by atoms with Crippen LogP contribution in [0, 0.1) is 0 Å². The molecular formula is C22H24N2O10. The van der Waals surface area contributed by atoms with Gasteiger partial charge in [0.2, 0.25) is 11.7 Å². The van der Waals surface area contributed by atoms with Gasteiger partial charge in [-0.1, -0.05) is 0 Å². The van der Waals surface area contributed by atoms with Gasteiger partial charge in [-0.15, -0.1) is 0 Å². The lowest BCUT2D eigenvalue weighted by Gasteiger charge is -2.19. The van der Waals surface area contributed by atoms with Crippen LogP contribution in [0.15, 0.2) is 30.3 Å². The van der Waals surface area contributed by atoms with Crippen LogP contribution in [-0.4, -0.2) is 66.4 Å². The number of aromatic carboxylic acids is 1. The Hall–Kier alpha value is -4.48. The van der Waals surface area contributed by atoms with Crippen molar-refractivity contribution < 1.29 is 48.7 Å². The average Bonchev–Trinajstić information content (AvgIpc) is 2.79. The van der Waals surface area contributed by atoms with E-state index in [4.69, 9.17) is 24.4 Å². The van der Waals surface area contributed by atoms with E-state index in [0.717, 1.165) is 12.1 Å². The van der Waals surface area contributed by atoms with Gasteiger partial charge >= 0.3 is 11.9 Å². The van der Waals surface area contributed by atoms with Crippen molar-refractivity contribution in [2.45, 2.75) is 18.9 Å². The quantitative estimate of drug-likeness (QED) is 0.320. The van der Waals surface area contributed by atoms with Crippen molar-refractivity contribution >= 4 is 29.4 Å². The van der Waals surface area contributed by atoms with Crippen molar-refractivity contribution in [2.75, 3.05) is 26.6 Å². The highest BCUT2D eigenvalue weighted by Gasteiger charge is 2.25. The van der Waals surface area contributed by atoms with Crippen molar-refractivity contribution in [3.8, 4) is 23.0 Å². The van der Waals surface area contributed by atoms with E-state index in [0.29, 0.717) is 0 Å². The first-order valence-electron chi connectivity index (χ1n) is 9.81. The average molecular weight is 476 g/mol. The number of rotatable bonds is 11. The van der Waals surface area contributed by atoms with Gasteiger partial charge in [-0.2, -0.15) is 0 Å². The molecule has 0 unspecified atom stereocenters. The fourth-order valence-corrected chi connectivity index (χ4v) is 3.01. The number of hydrogen-bond donors (Lipinski definition) is 5. The minimum Gasteiger partial charge on any atom is -0.507 e. The number of aromatic hydroxyl groups is 1. The summed E-state index contributed by atoms with van der Waals surface area (Å²) in [7, 11) is 4.13. The Kier molecular flexibility index (Phi) is 8.65. The van der Waals surface area contributed by atoms with Crippen LogP contribution >= 0.6 is 0 Å². The van der Waals surface area contributed by atoms with Crippen LogP contribution in [0.4, 0.5) is 5.69 Å². The highest BCUT2D eigenvalue weighted by Crippen LogP contribution is 2.38. The maximum atomic E-state index is 12.9. The molecule has 0 radical (unpaired) electrons. The van der Waals surface area contributed by atoms with Gasteiger partial charge in [0.05, 0.1) is 21.3 Å². The largest absolute Gasteiger partial charge is 0.507 e. The van der Waals surface area contributed by atoms with Gasteiger partial charge < -0.3 is 40.2 Å². The van der Waals surface area contributed by atoms with E-state index in [9.17, 15) is 24.3 Å². The Labute approximate surface area is 194 Å². The molecule has 2 aromatic carbocycles.